The molecule has 1 heterocycles. The van der Waals surface area contributed by atoms with Crippen LogP contribution in [0.5, 0.6) is 0 Å². The van der Waals surface area contributed by atoms with Gasteiger partial charge in [-0.3, -0.25) is 4.79 Å². The summed E-state index contributed by atoms with van der Waals surface area (Å²) >= 11 is 0. The summed E-state index contributed by atoms with van der Waals surface area (Å²) in [7, 11) is 0. The first kappa shape index (κ1) is 13.2. The molecule has 1 amide bonds. The van der Waals surface area contributed by atoms with E-state index in [0.717, 1.165) is 12.1 Å². The van der Waals surface area contributed by atoms with Crippen LogP contribution in [-0.4, -0.2) is 20.9 Å². The average molecular weight is 259 g/mol. The van der Waals surface area contributed by atoms with Gasteiger partial charge in [-0.25, -0.2) is 4.68 Å². The van der Waals surface area contributed by atoms with E-state index in [4.69, 9.17) is 5.73 Å². The Kier molecular flexibility index (Phi) is 4.25. The maximum Gasteiger partial charge on any atom is 0.246 e. The highest BCUT2D eigenvalue weighted by Gasteiger charge is 2.10. The van der Waals surface area contributed by atoms with Crippen molar-refractivity contribution in [2.24, 2.45) is 5.73 Å². The Bertz CT molecular complexity index is 537. The zero-order chi connectivity index (χ0) is 13.7. The van der Waals surface area contributed by atoms with Crippen molar-refractivity contribution in [1.82, 2.24) is 15.0 Å². The molecule has 0 bridgehead atoms. The third-order valence-electron chi connectivity index (χ3n) is 2.74. The van der Waals surface area contributed by atoms with E-state index in [1.54, 1.807) is 6.20 Å². The summed E-state index contributed by atoms with van der Waals surface area (Å²) in [6.07, 6.45) is 2.49. The summed E-state index contributed by atoms with van der Waals surface area (Å²) in [5.41, 5.74) is 7.31. The number of nitrogens with two attached hydrogens (primary N) is 1. The van der Waals surface area contributed by atoms with Gasteiger partial charge in [0.15, 0.2) is 0 Å². The molecule has 2 rings (SSSR count). The predicted octanol–water partition coefficient (Wildman–Crippen LogP) is 1.33. The molecule has 19 heavy (non-hydrogen) atoms. The van der Waals surface area contributed by atoms with Gasteiger partial charge in [0.25, 0.3) is 0 Å². The third-order valence-corrected chi connectivity index (χ3v) is 2.74. The van der Waals surface area contributed by atoms with Crippen LogP contribution in [0.25, 0.3) is 0 Å². The van der Waals surface area contributed by atoms with Crippen LogP contribution < -0.4 is 11.1 Å². The van der Waals surface area contributed by atoms with Crippen molar-refractivity contribution in [3.63, 3.8) is 0 Å². The molecule has 1 aromatic heterocycles. The summed E-state index contributed by atoms with van der Waals surface area (Å²) in [6.45, 7) is 2.10. The van der Waals surface area contributed by atoms with E-state index < -0.39 is 0 Å². The van der Waals surface area contributed by atoms with E-state index in [9.17, 15) is 4.79 Å². The van der Waals surface area contributed by atoms with Crippen molar-refractivity contribution in [2.75, 3.05) is 5.32 Å². The van der Waals surface area contributed by atoms with Gasteiger partial charge in [0, 0.05) is 5.69 Å². The monoisotopic (exact) mass is 259 g/mol. The van der Waals surface area contributed by atoms with Gasteiger partial charge in [0.05, 0.1) is 17.9 Å². The summed E-state index contributed by atoms with van der Waals surface area (Å²) in [5, 5.41) is 10.6. The number of carbonyl (C=O) groups is 1. The van der Waals surface area contributed by atoms with Gasteiger partial charge >= 0.3 is 0 Å². The van der Waals surface area contributed by atoms with E-state index in [1.807, 2.05) is 37.3 Å². The number of rotatable bonds is 5. The number of aromatic nitrogens is 3. The number of anilines is 1. The Morgan fingerprint density at radius 1 is 1.42 bits per heavy atom. The van der Waals surface area contributed by atoms with Crippen LogP contribution in [0.4, 0.5) is 5.69 Å². The van der Waals surface area contributed by atoms with Crippen molar-refractivity contribution in [3.05, 3.63) is 42.2 Å². The van der Waals surface area contributed by atoms with Gasteiger partial charge in [-0.15, -0.1) is 5.10 Å². The molecule has 0 radical (unpaired) electrons. The van der Waals surface area contributed by atoms with Crippen molar-refractivity contribution >= 4 is 11.6 Å². The molecular formula is C13H17N5O. The van der Waals surface area contributed by atoms with Gasteiger partial charge in [-0.2, -0.15) is 0 Å². The fourth-order valence-electron chi connectivity index (χ4n) is 1.64. The van der Waals surface area contributed by atoms with Gasteiger partial charge in [0.1, 0.15) is 6.54 Å². The van der Waals surface area contributed by atoms with E-state index in [2.05, 4.69) is 15.6 Å². The smallest absolute Gasteiger partial charge is 0.246 e. The minimum absolute atomic E-state index is 0.123. The normalized spacial score (nSPS) is 12.1. The lowest BCUT2D eigenvalue weighted by Crippen LogP contribution is -2.19. The zero-order valence-electron chi connectivity index (χ0n) is 10.8. The van der Waals surface area contributed by atoms with Crippen molar-refractivity contribution in [3.8, 4) is 0 Å². The number of benzene rings is 1. The molecule has 100 valence electrons. The van der Waals surface area contributed by atoms with Crippen molar-refractivity contribution < 1.29 is 4.79 Å². The number of para-hydroxylation sites is 1. The Hall–Kier alpha value is -2.21. The highest BCUT2D eigenvalue weighted by molar-refractivity contribution is 5.90. The molecule has 0 saturated heterocycles. The fourth-order valence-corrected chi connectivity index (χ4v) is 1.64. The van der Waals surface area contributed by atoms with E-state index in [-0.39, 0.29) is 18.5 Å². The molecular weight excluding hydrogens is 242 g/mol. The molecule has 6 heteroatoms. The second-order valence-electron chi connectivity index (χ2n) is 4.27. The number of nitrogens with one attached hydrogen (secondary N) is 1. The van der Waals surface area contributed by atoms with E-state index >= 15 is 0 Å². The molecule has 0 spiro atoms. The quantitative estimate of drug-likeness (QED) is 0.848. The number of hydrogen-bond acceptors (Lipinski definition) is 4. The molecule has 0 aliphatic heterocycles. The van der Waals surface area contributed by atoms with Crippen LogP contribution in [0.3, 0.4) is 0 Å². The molecule has 0 aliphatic rings. The first-order valence-corrected chi connectivity index (χ1v) is 6.19. The standard InChI is InChI=1S/C13H17N5O/c1-2-11(14)12-8-18(17-16-12)9-13(19)15-10-6-4-3-5-7-10/h3-8,11H,2,9,14H2,1H3,(H,15,19). The minimum Gasteiger partial charge on any atom is -0.324 e. The lowest BCUT2D eigenvalue weighted by atomic mass is 10.2. The van der Waals surface area contributed by atoms with Crippen molar-refractivity contribution in [2.45, 2.75) is 25.9 Å². The maximum atomic E-state index is 11.8. The number of hydrogen-bond donors (Lipinski definition) is 2. The minimum atomic E-state index is -0.146. The molecule has 0 saturated carbocycles. The molecule has 6 nitrogen and oxygen atoms in total. The summed E-state index contributed by atoms with van der Waals surface area (Å²) in [5.74, 6) is -0.146. The second-order valence-corrected chi connectivity index (χ2v) is 4.27. The van der Waals surface area contributed by atoms with E-state index in [0.29, 0.717) is 5.69 Å². The third kappa shape index (κ3) is 3.62. The first-order chi connectivity index (χ1) is 9.19. The first-order valence-electron chi connectivity index (χ1n) is 6.19. The lowest BCUT2D eigenvalue weighted by molar-refractivity contribution is -0.116. The highest BCUT2D eigenvalue weighted by atomic mass is 16.2. The summed E-state index contributed by atoms with van der Waals surface area (Å²) < 4.78 is 1.49. The molecule has 3 N–H and O–H groups in total. The lowest BCUT2D eigenvalue weighted by Gasteiger charge is -2.04. The SMILES string of the molecule is CCC(N)c1cn(CC(=O)Nc2ccccc2)nn1. The van der Waals surface area contributed by atoms with Crippen LogP contribution in [0.15, 0.2) is 36.5 Å². The molecule has 1 aromatic carbocycles. The van der Waals surface area contributed by atoms with Crippen LogP contribution >= 0.6 is 0 Å². The molecule has 2 aromatic rings. The predicted molar refractivity (Wildman–Crippen MR) is 72.3 cm³/mol. The second kappa shape index (κ2) is 6.10. The van der Waals surface area contributed by atoms with Crippen LogP contribution in [0, 0.1) is 0 Å². The van der Waals surface area contributed by atoms with Gasteiger partial charge in [-0.1, -0.05) is 30.3 Å². The highest BCUT2D eigenvalue weighted by Crippen LogP contribution is 2.09. The van der Waals surface area contributed by atoms with Gasteiger partial charge < -0.3 is 11.1 Å². The Morgan fingerprint density at radius 3 is 2.84 bits per heavy atom. The molecule has 1 unspecified atom stereocenters. The largest absolute Gasteiger partial charge is 0.324 e. The van der Waals surface area contributed by atoms with Crippen molar-refractivity contribution in [1.29, 1.82) is 0 Å². The Balaban J connectivity index is 1.94. The zero-order valence-corrected chi connectivity index (χ0v) is 10.8. The number of amides is 1. The van der Waals surface area contributed by atoms with Gasteiger partial charge in [-0.05, 0) is 18.6 Å². The molecule has 0 aliphatic carbocycles. The number of carbonyl (C=O) groups excluding carboxylic acids is 1. The summed E-state index contributed by atoms with van der Waals surface area (Å²) in [6, 6.07) is 9.15. The van der Waals surface area contributed by atoms with Crippen LogP contribution in [0.2, 0.25) is 0 Å². The Morgan fingerprint density at radius 2 is 2.16 bits per heavy atom. The maximum absolute atomic E-state index is 11.8. The Labute approximate surface area is 111 Å². The number of nitrogens with zero attached hydrogens (tertiary/aromatic N) is 3. The topological polar surface area (TPSA) is 85.8 Å². The van der Waals surface area contributed by atoms with Crippen LogP contribution in [0.1, 0.15) is 25.1 Å². The fraction of sp³-hybridized carbons (Fsp3) is 0.308. The van der Waals surface area contributed by atoms with Crippen LogP contribution in [-0.2, 0) is 11.3 Å². The van der Waals surface area contributed by atoms with E-state index in [1.165, 1.54) is 4.68 Å². The molecule has 0 fully saturated rings. The molecule has 1 atom stereocenters. The summed E-state index contributed by atoms with van der Waals surface area (Å²) in [4.78, 5) is 11.8. The van der Waals surface area contributed by atoms with Gasteiger partial charge in [0.2, 0.25) is 5.91 Å². The average Bonchev–Trinajstić information content (AvgIpc) is 2.87.